The quantitative estimate of drug-likeness (QED) is 0.449. The van der Waals surface area contributed by atoms with Crippen molar-refractivity contribution in [3.63, 3.8) is 0 Å². The molecule has 0 aromatic rings. The maximum atomic E-state index is 12.2. The second-order valence-electron chi connectivity index (χ2n) is 5.46. The smallest absolute Gasteiger partial charge is 0.418 e. The van der Waals surface area contributed by atoms with E-state index in [-0.39, 0.29) is 18.6 Å². The summed E-state index contributed by atoms with van der Waals surface area (Å²) in [5.74, 6) is -1.26. The van der Waals surface area contributed by atoms with Crippen LogP contribution in [0.3, 0.4) is 0 Å². The molecule has 7 heteroatoms. The van der Waals surface area contributed by atoms with Crippen molar-refractivity contribution in [2.75, 3.05) is 6.61 Å². The lowest BCUT2D eigenvalue weighted by atomic mass is 10.1. The molecule has 1 saturated heterocycles. The van der Waals surface area contributed by atoms with Crippen LogP contribution in [0.4, 0.5) is 4.79 Å². The summed E-state index contributed by atoms with van der Waals surface area (Å²) in [6.45, 7) is 10.1. The average molecular weight is 296 g/mol. The predicted octanol–water partition coefficient (Wildman–Crippen LogP) is 1.67. The number of carbonyl (C=O) groups excluding carboxylic acids is 3. The Hall–Kier alpha value is -2.18. The van der Waals surface area contributed by atoms with E-state index in [4.69, 9.17) is 9.47 Å². The van der Waals surface area contributed by atoms with Gasteiger partial charge in [-0.2, -0.15) is 0 Å². The lowest BCUT2D eigenvalue weighted by Crippen LogP contribution is -2.46. The summed E-state index contributed by atoms with van der Waals surface area (Å²) in [6.07, 6.45) is 0.396. The number of esters is 1. The third kappa shape index (κ3) is 4.14. The summed E-state index contributed by atoms with van der Waals surface area (Å²) in [4.78, 5) is 40.6. The SMILES string of the molecule is C=N/C=C1\C[C@H](C(=O)OCC)N(C(=O)OC(C)(C)C)C1=O. The number of hydrogen-bond donors (Lipinski definition) is 0. The highest BCUT2D eigenvalue weighted by atomic mass is 16.6. The molecular formula is C14H20N2O5. The van der Waals surface area contributed by atoms with Crippen molar-refractivity contribution in [3.8, 4) is 0 Å². The highest BCUT2D eigenvalue weighted by Gasteiger charge is 2.46. The molecule has 0 aromatic heterocycles. The Balaban J connectivity index is 3.06. The van der Waals surface area contributed by atoms with Gasteiger partial charge < -0.3 is 9.47 Å². The second kappa shape index (κ2) is 6.51. The molecule has 0 aliphatic carbocycles. The fraction of sp³-hybridized carbons (Fsp3) is 0.571. The molecule has 1 heterocycles. The van der Waals surface area contributed by atoms with Gasteiger partial charge in [-0.25, -0.2) is 14.5 Å². The van der Waals surface area contributed by atoms with E-state index in [1.54, 1.807) is 27.7 Å². The highest BCUT2D eigenvalue weighted by molar-refractivity contribution is 6.08. The molecule has 1 atom stereocenters. The molecule has 0 unspecified atom stereocenters. The fourth-order valence-electron chi connectivity index (χ4n) is 1.85. The number of carbonyl (C=O) groups is 3. The van der Waals surface area contributed by atoms with Crippen LogP contribution in [0.2, 0.25) is 0 Å². The van der Waals surface area contributed by atoms with E-state index in [0.717, 1.165) is 4.90 Å². The van der Waals surface area contributed by atoms with Crippen molar-refractivity contribution in [1.29, 1.82) is 0 Å². The van der Waals surface area contributed by atoms with Crippen LogP contribution in [0.25, 0.3) is 0 Å². The molecule has 0 aromatic carbocycles. The van der Waals surface area contributed by atoms with Crippen molar-refractivity contribution < 1.29 is 23.9 Å². The first-order chi connectivity index (χ1) is 9.71. The minimum Gasteiger partial charge on any atom is -0.464 e. The molecule has 0 bridgehead atoms. The van der Waals surface area contributed by atoms with Crippen LogP contribution in [0.1, 0.15) is 34.1 Å². The first kappa shape index (κ1) is 16.9. The summed E-state index contributed by atoms with van der Waals surface area (Å²) < 4.78 is 10.1. The van der Waals surface area contributed by atoms with Gasteiger partial charge in [-0.3, -0.25) is 9.79 Å². The van der Waals surface area contributed by atoms with Crippen LogP contribution in [-0.2, 0) is 19.1 Å². The van der Waals surface area contributed by atoms with E-state index in [2.05, 4.69) is 11.7 Å². The lowest BCUT2D eigenvalue weighted by molar-refractivity contribution is -0.150. The first-order valence-electron chi connectivity index (χ1n) is 6.59. The summed E-state index contributed by atoms with van der Waals surface area (Å²) in [7, 11) is 0. The van der Waals surface area contributed by atoms with Gasteiger partial charge >= 0.3 is 12.1 Å². The van der Waals surface area contributed by atoms with Gasteiger partial charge in [0, 0.05) is 18.2 Å². The maximum absolute atomic E-state index is 12.2. The van der Waals surface area contributed by atoms with Crippen LogP contribution >= 0.6 is 0 Å². The largest absolute Gasteiger partial charge is 0.464 e. The Labute approximate surface area is 123 Å². The number of amides is 2. The van der Waals surface area contributed by atoms with Crippen LogP contribution in [0, 0.1) is 0 Å². The number of likely N-dealkylation sites (tertiary alicyclic amines) is 1. The Kier molecular flexibility index (Phi) is 5.23. The van der Waals surface area contributed by atoms with Gasteiger partial charge in [0.1, 0.15) is 11.6 Å². The third-order valence-corrected chi connectivity index (χ3v) is 2.61. The molecule has 1 aliphatic rings. The van der Waals surface area contributed by atoms with Crippen molar-refractivity contribution in [2.24, 2.45) is 4.99 Å². The van der Waals surface area contributed by atoms with Crippen molar-refractivity contribution >= 4 is 24.7 Å². The molecule has 1 rings (SSSR count). The standard InChI is InChI=1S/C14H20N2O5/c1-6-20-12(18)10-7-9(8-15-5)11(17)16(10)13(19)21-14(2,3)4/h8,10H,5-7H2,1-4H3/b9-8+/t10-/m1/s1. The molecule has 0 N–H and O–H groups in total. The molecule has 1 fully saturated rings. The number of rotatable bonds is 3. The summed E-state index contributed by atoms with van der Waals surface area (Å²) in [5.41, 5.74) is -0.561. The molecule has 116 valence electrons. The van der Waals surface area contributed by atoms with Crippen molar-refractivity contribution in [1.82, 2.24) is 4.90 Å². The molecule has 21 heavy (non-hydrogen) atoms. The van der Waals surface area contributed by atoms with E-state index in [1.807, 2.05) is 0 Å². The Morgan fingerprint density at radius 3 is 2.57 bits per heavy atom. The number of nitrogens with zero attached hydrogens (tertiary/aromatic N) is 2. The average Bonchev–Trinajstić information content (AvgIpc) is 2.66. The predicted molar refractivity (Wildman–Crippen MR) is 75.8 cm³/mol. The fourth-order valence-corrected chi connectivity index (χ4v) is 1.85. The zero-order valence-electron chi connectivity index (χ0n) is 12.7. The lowest BCUT2D eigenvalue weighted by Gasteiger charge is -2.26. The zero-order chi connectivity index (χ0) is 16.2. The van der Waals surface area contributed by atoms with Gasteiger partial charge in [-0.1, -0.05) is 0 Å². The van der Waals surface area contributed by atoms with Crippen LogP contribution in [-0.4, -0.2) is 47.8 Å². The number of ether oxygens (including phenoxy) is 2. The normalized spacial score (nSPS) is 20.6. The Morgan fingerprint density at radius 1 is 1.48 bits per heavy atom. The van der Waals surface area contributed by atoms with Gasteiger partial charge in [0.05, 0.1) is 6.61 Å². The molecule has 0 spiro atoms. The monoisotopic (exact) mass is 296 g/mol. The van der Waals surface area contributed by atoms with Gasteiger partial charge in [-0.15, -0.1) is 0 Å². The van der Waals surface area contributed by atoms with E-state index in [1.165, 1.54) is 6.20 Å². The first-order valence-corrected chi connectivity index (χ1v) is 6.59. The molecule has 7 nitrogen and oxygen atoms in total. The van der Waals surface area contributed by atoms with Gasteiger partial charge in [0.2, 0.25) is 0 Å². The number of imide groups is 1. The molecule has 2 amide bonds. The van der Waals surface area contributed by atoms with E-state index in [9.17, 15) is 14.4 Å². The van der Waals surface area contributed by atoms with Gasteiger partial charge in [-0.05, 0) is 34.4 Å². The van der Waals surface area contributed by atoms with Crippen LogP contribution < -0.4 is 0 Å². The minimum atomic E-state index is -1.03. The van der Waals surface area contributed by atoms with E-state index >= 15 is 0 Å². The number of hydrogen-bond acceptors (Lipinski definition) is 6. The zero-order valence-corrected chi connectivity index (χ0v) is 12.7. The summed E-state index contributed by atoms with van der Waals surface area (Å²) in [6, 6.07) is -1.03. The molecular weight excluding hydrogens is 276 g/mol. The Morgan fingerprint density at radius 2 is 2.10 bits per heavy atom. The molecule has 0 saturated carbocycles. The van der Waals surface area contributed by atoms with E-state index in [0.29, 0.717) is 0 Å². The van der Waals surface area contributed by atoms with Gasteiger partial charge in [0.25, 0.3) is 5.91 Å². The topological polar surface area (TPSA) is 85.3 Å². The molecule has 1 aliphatic heterocycles. The van der Waals surface area contributed by atoms with E-state index < -0.39 is 29.6 Å². The van der Waals surface area contributed by atoms with Gasteiger partial charge in [0.15, 0.2) is 0 Å². The van der Waals surface area contributed by atoms with Crippen LogP contribution in [0.5, 0.6) is 0 Å². The minimum absolute atomic E-state index is 0.0376. The summed E-state index contributed by atoms with van der Waals surface area (Å²) in [5, 5.41) is 0. The summed E-state index contributed by atoms with van der Waals surface area (Å²) >= 11 is 0. The highest BCUT2D eigenvalue weighted by Crippen LogP contribution is 2.27. The second-order valence-corrected chi connectivity index (χ2v) is 5.46. The third-order valence-electron chi connectivity index (χ3n) is 2.61. The van der Waals surface area contributed by atoms with Crippen LogP contribution in [0.15, 0.2) is 16.8 Å². The maximum Gasteiger partial charge on any atom is 0.418 e. The van der Waals surface area contributed by atoms with Crippen molar-refractivity contribution in [3.05, 3.63) is 11.8 Å². The Bertz CT molecular complexity index is 490. The number of aliphatic imine (C=N–C) groups is 1. The van der Waals surface area contributed by atoms with Crippen molar-refractivity contribution in [2.45, 2.75) is 45.8 Å². The molecule has 0 radical (unpaired) electrons.